The van der Waals surface area contributed by atoms with Gasteiger partial charge >= 0.3 is 0 Å². The lowest BCUT2D eigenvalue weighted by Gasteiger charge is -2.16. The highest BCUT2D eigenvalue weighted by Gasteiger charge is 2.15. The molecule has 1 aromatic carbocycles. The second kappa shape index (κ2) is 4.95. The summed E-state index contributed by atoms with van der Waals surface area (Å²) in [4.78, 5) is 17.6. The Labute approximate surface area is 104 Å². The van der Waals surface area contributed by atoms with Crippen molar-refractivity contribution in [2.24, 2.45) is 0 Å². The molecule has 18 heavy (non-hydrogen) atoms. The van der Waals surface area contributed by atoms with Crippen molar-refractivity contribution in [1.82, 2.24) is 20.1 Å². The van der Waals surface area contributed by atoms with Crippen molar-refractivity contribution in [3.8, 4) is 0 Å². The normalized spacial score (nSPS) is 10.4. The minimum Gasteiger partial charge on any atom is -0.334 e. The number of nitrogens with one attached hydrogen (secondary N) is 1. The van der Waals surface area contributed by atoms with E-state index < -0.39 is 0 Å². The van der Waals surface area contributed by atoms with Gasteiger partial charge in [-0.15, -0.1) is 0 Å². The fraction of sp³-hybridized carbons (Fsp3) is 0.250. The minimum absolute atomic E-state index is 0.177. The third-order valence-electron chi connectivity index (χ3n) is 2.62. The zero-order valence-electron chi connectivity index (χ0n) is 10.1. The van der Waals surface area contributed by atoms with E-state index in [1.807, 2.05) is 0 Å². The molecule has 1 N–H and O–H groups in total. The average Bonchev–Trinajstić information content (AvgIpc) is 2.81. The Balaban J connectivity index is 2.15. The van der Waals surface area contributed by atoms with Gasteiger partial charge in [-0.05, 0) is 30.7 Å². The number of H-pyrrole nitrogens is 1. The summed E-state index contributed by atoms with van der Waals surface area (Å²) >= 11 is 0. The lowest BCUT2D eigenvalue weighted by atomic mass is 10.1. The van der Waals surface area contributed by atoms with Crippen LogP contribution in [0.5, 0.6) is 0 Å². The number of carbonyl (C=O) groups is 1. The van der Waals surface area contributed by atoms with Crippen LogP contribution in [0.15, 0.2) is 24.5 Å². The molecule has 0 spiro atoms. The van der Waals surface area contributed by atoms with Crippen LogP contribution >= 0.6 is 0 Å². The number of hydrogen-bond acceptors (Lipinski definition) is 3. The zero-order valence-corrected chi connectivity index (χ0v) is 10.1. The molecular formula is C12H13FN4O. The Kier molecular flexibility index (Phi) is 3.36. The molecule has 0 unspecified atom stereocenters. The first-order chi connectivity index (χ1) is 8.58. The monoisotopic (exact) mass is 248 g/mol. The van der Waals surface area contributed by atoms with Crippen molar-refractivity contribution >= 4 is 5.91 Å². The fourth-order valence-electron chi connectivity index (χ4n) is 1.68. The van der Waals surface area contributed by atoms with Gasteiger partial charge in [0.25, 0.3) is 5.91 Å². The number of amides is 1. The molecule has 0 saturated heterocycles. The smallest absolute Gasteiger partial charge is 0.254 e. The minimum atomic E-state index is -0.345. The van der Waals surface area contributed by atoms with Gasteiger partial charge in [0.15, 0.2) is 0 Å². The van der Waals surface area contributed by atoms with Gasteiger partial charge in [0.2, 0.25) is 0 Å². The third-order valence-corrected chi connectivity index (χ3v) is 2.62. The van der Waals surface area contributed by atoms with Crippen molar-refractivity contribution in [3.05, 3.63) is 47.3 Å². The van der Waals surface area contributed by atoms with Crippen LogP contribution in [0.3, 0.4) is 0 Å². The van der Waals surface area contributed by atoms with Gasteiger partial charge in [0, 0.05) is 12.6 Å². The molecule has 1 aromatic heterocycles. The Hall–Kier alpha value is -2.24. The Morgan fingerprint density at radius 1 is 1.50 bits per heavy atom. The summed E-state index contributed by atoms with van der Waals surface area (Å²) in [5, 5.41) is 6.40. The molecule has 0 atom stereocenters. The molecule has 0 radical (unpaired) electrons. The van der Waals surface area contributed by atoms with Crippen molar-refractivity contribution in [2.75, 3.05) is 7.05 Å². The molecule has 2 rings (SSSR count). The van der Waals surface area contributed by atoms with Crippen LogP contribution in [-0.2, 0) is 6.54 Å². The summed E-state index contributed by atoms with van der Waals surface area (Å²) in [6.07, 6.45) is 1.39. The van der Waals surface area contributed by atoms with Crippen LogP contribution in [0.1, 0.15) is 21.7 Å². The summed E-state index contributed by atoms with van der Waals surface area (Å²) in [6, 6.07) is 4.11. The molecule has 2 aromatic rings. The SMILES string of the molecule is Cc1cc(F)ccc1C(=O)N(C)Cc1ncn[nH]1. The number of aromatic nitrogens is 3. The summed E-state index contributed by atoms with van der Waals surface area (Å²) in [7, 11) is 1.66. The van der Waals surface area contributed by atoms with Crippen molar-refractivity contribution in [1.29, 1.82) is 0 Å². The number of aryl methyl sites for hydroxylation is 1. The van der Waals surface area contributed by atoms with Gasteiger partial charge in [-0.25, -0.2) is 9.37 Å². The molecule has 1 heterocycles. The molecule has 0 aliphatic carbocycles. The van der Waals surface area contributed by atoms with Gasteiger partial charge in [-0.1, -0.05) is 0 Å². The van der Waals surface area contributed by atoms with Gasteiger partial charge in [0.1, 0.15) is 18.0 Å². The highest BCUT2D eigenvalue weighted by Crippen LogP contribution is 2.13. The Morgan fingerprint density at radius 2 is 2.28 bits per heavy atom. The molecule has 94 valence electrons. The van der Waals surface area contributed by atoms with Crippen LogP contribution in [0.4, 0.5) is 4.39 Å². The van der Waals surface area contributed by atoms with Crippen LogP contribution in [-0.4, -0.2) is 33.0 Å². The predicted molar refractivity (Wildman–Crippen MR) is 63.3 cm³/mol. The molecule has 5 nitrogen and oxygen atoms in total. The van der Waals surface area contributed by atoms with Gasteiger partial charge in [-0.2, -0.15) is 5.10 Å². The van der Waals surface area contributed by atoms with Gasteiger partial charge < -0.3 is 4.90 Å². The summed E-state index contributed by atoms with van der Waals surface area (Å²) in [6.45, 7) is 2.04. The van der Waals surface area contributed by atoms with Crippen molar-refractivity contribution in [2.45, 2.75) is 13.5 Å². The maximum atomic E-state index is 13.0. The highest BCUT2D eigenvalue weighted by molar-refractivity contribution is 5.95. The van der Waals surface area contributed by atoms with Crippen LogP contribution in [0, 0.1) is 12.7 Å². The van der Waals surface area contributed by atoms with Crippen molar-refractivity contribution in [3.63, 3.8) is 0 Å². The average molecular weight is 248 g/mol. The molecule has 6 heteroatoms. The molecule has 0 aliphatic heterocycles. The van der Waals surface area contributed by atoms with E-state index in [9.17, 15) is 9.18 Å². The number of halogens is 1. The molecule has 0 bridgehead atoms. The van der Waals surface area contributed by atoms with E-state index in [1.165, 1.54) is 29.4 Å². The molecular weight excluding hydrogens is 235 g/mol. The number of nitrogens with zero attached hydrogens (tertiary/aromatic N) is 3. The molecule has 0 saturated carbocycles. The third kappa shape index (κ3) is 2.53. The maximum Gasteiger partial charge on any atom is 0.254 e. The number of rotatable bonds is 3. The van der Waals surface area contributed by atoms with Gasteiger partial charge in [-0.3, -0.25) is 9.89 Å². The second-order valence-electron chi connectivity index (χ2n) is 4.05. The Bertz CT molecular complexity index is 553. The first-order valence-corrected chi connectivity index (χ1v) is 5.44. The predicted octanol–water partition coefficient (Wildman–Crippen LogP) is 1.52. The van der Waals surface area contributed by atoms with E-state index in [4.69, 9.17) is 0 Å². The van der Waals surface area contributed by atoms with E-state index in [0.717, 1.165) is 0 Å². The van der Waals surface area contributed by atoms with Crippen LogP contribution < -0.4 is 0 Å². The molecule has 0 aliphatic rings. The zero-order chi connectivity index (χ0) is 13.1. The van der Waals surface area contributed by atoms with E-state index in [1.54, 1.807) is 14.0 Å². The lowest BCUT2D eigenvalue weighted by Crippen LogP contribution is -2.27. The summed E-state index contributed by atoms with van der Waals surface area (Å²) in [5.41, 5.74) is 1.10. The standard InChI is InChI=1S/C12H13FN4O/c1-8-5-9(13)3-4-10(8)12(18)17(2)6-11-14-7-15-16-11/h3-5,7H,6H2,1-2H3,(H,14,15,16). The van der Waals surface area contributed by atoms with Crippen molar-refractivity contribution < 1.29 is 9.18 Å². The largest absolute Gasteiger partial charge is 0.334 e. The van der Waals surface area contributed by atoms with E-state index in [2.05, 4.69) is 15.2 Å². The molecule has 1 amide bonds. The van der Waals surface area contributed by atoms with E-state index in [-0.39, 0.29) is 11.7 Å². The first kappa shape index (κ1) is 12.2. The lowest BCUT2D eigenvalue weighted by molar-refractivity contribution is 0.0781. The Morgan fingerprint density at radius 3 is 2.89 bits per heavy atom. The quantitative estimate of drug-likeness (QED) is 0.895. The number of hydrogen-bond donors (Lipinski definition) is 1. The van der Waals surface area contributed by atoms with Crippen LogP contribution in [0.25, 0.3) is 0 Å². The number of aromatic amines is 1. The van der Waals surface area contributed by atoms with E-state index >= 15 is 0 Å². The first-order valence-electron chi connectivity index (χ1n) is 5.44. The summed E-state index contributed by atoms with van der Waals surface area (Å²) < 4.78 is 13.0. The van der Waals surface area contributed by atoms with E-state index in [0.29, 0.717) is 23.5 Å². The second-order valence-corrected chi connectivity index (χ2v) is 4.05. The van der Waals surface area contributed by atoms with Gasteiger partial charge in [0.05, 0.1) is 6.54 Å². The number of benzene rings is 1. The highest BCUT2D eigenvalue weighted by atomic mass is 19.1. The molecule has 0 fully saturated rings. The topological polar surface area (TPSA) is 61.9 Å². The van der Waals surface area contributed by atoms with Crippen LogP contribution in [0.2, 0.25) is 0 Å². The fourth-order valence-corrected chi connectivity index (χ4v) is 1.68. The maximum absolute atomic E-state index is 13.0. The number of carbonyl (C=O) groups excluding carboxylic acids is 1. The summed E-state index contributed by atoms with van der Waals surface area (Å²) in [5.74, 6) is 0.0800.